The van der Waals surface area contributed by atoms with Gasteiger partial charge in [0.25, 0.3) is 5.91 Å². The Morgan fingerprint density at radius 1 is 1.08 bits per heavy atom. The van der Waals surface area contributed by atoms with Crippen molar-refractivity contribution < 1.29 is 14.3 Å². The van der Waals surface area contributed by atoms with Crippen LogP contribution in [0.4, 0.5) is 5.69 Å². The summed E-state index contributed by atoms with van der Waals surface area (Å²) in [4.78, 5) is 31.6. The number of aliphatic imine (C=N–C) groups is 1. The summed E-state index contributed by atoms with van der Waals surface area (Å²) in [5.41, 5.74) is 0.899. The second-order valence-corrected chi connectivity index (χ2v) is 5.80. The van der Waals surface area contributed by atoms with E-state index in [9.17, 15) is 9.59 Å². The number of rotatable bonds is 2. The molecular weight excluding hydrogens is 304 g/mol. The Hall–Kier alpha value is -2.95. The number of benzene rings is 2. The largest absolute Gasteiger partial charge is 0.478 e. The van der Waals surface area contributed by atoms with E-state index in [1.54, 1.807) is 24.3 Å². The van der Waals surface area contributed by atoms with Crippen molar-refractivity contribution in [2.24, 2.45) is 4.99 Å². The number of anilines is 1. The van der Waals surface area contributed by atoms with Crippen LogP contribution in [0.3, 0.4) is 0 Å². The molecule has 120 valence electrons. The summed E-state index contributed by atoms with van der Waals surface area (Å²) in [7, 11) is 0. The highest BCUT2D eigenvalue weighted by molar-refractivity contribution is 6.26. The summed E-state index contributed by atoms with van der Waals surface area (Å²) >= 11 is 0. The average Bonchev–Trinajstić information content (AvgIpc) is 3.04. The molecule has 0 bridgehead atoms. The van der Waals surface area contributed by atoms with E-state index in [1.807, 2.05) is 37.3 Å². The summed E-state index contributed by atoms with van der Waals surface area (Å²) in [5.74, 6) is -0.132. The monoisotopic (exact) mass is 320 g/mol. The molecule has 1 atom stereocenters. The van der Waals surface area contributed by atoms with Crippen molar-refractivity contribution in [3.8, 4) is 0 Å². The van der Waals surface area contributed by atoms with Gasteiger partial charge in [0, 0.05) is 11.1 Å². The number of amides is 2. The number of carbonyl (C=O) groups excluding carboxylic acids is 2. The van der Waals surface area contributed by atoms with Crippen LogP contribution >= 0.6 is 0 Å². The van der Waals surface area contributed by atoms with Gasteiger partial charge >= 0.3 is 0 Å². The number of para-hydroxylation sites is 1. The van der Waals surface area contributed by atoms with E-state index in [0.717, 1.165) is 11.1 Å². The number of hydrogen-bond acceptors (Lipinski definition) is 4. The molecule has 1 unspecified atom stereocenters. The molecule has 4 rings (SSSR count). The van der Waals surface area contributed by atoms with Crippen molar-refractivity contribution in [3.05, 3.63) is 65.7 Å². The third-order valence-electron chi connectivity index (χ3n) is 4.40. The van der Waals surface area contributed by atoms with Gasteiger partial charge < -0.3 is 4.74 Å². The van der Waals surface area contributed by atoms with Gasteiger partial charge in [0.2, 0.25) is 11.8 Å². The highest BCUT2D eigenvalue weighted by Gasteiger charge is 2.57. The number of fused-ring (bicyclic) bond motifs is 2. The molecule has 2 aliphatic rings. The zero-order chi connectivity index (χ0) is 16.7. The van der Waals surface area contributed by atoms with Gasteiger partial charge in [-0.25, -0.2) is 9.89 Å². The fourth-order valence-corrected chi connectivity index (χ4v) is 3.38. The molecule has 1 saturated heterocycles. The number of nitrogens with zero attached hydrogens (tertiary/aromatic N) is 2. The zero-order valence-corrected chi connectivity index (χ0v) is 13.2. The number of carbonyl (C=O) groups is 2. The highest BCUT2D eigenvalue weighted by Crippen LogP contribution is 2.45. The minimum absolute atomic E-state index is 0.0221. The number of hydrogen-bond donors (Lipinski definition) is 0. The molecule has 5 nitrogen and oxygen atoms in total. The summed E-state index contributed by atoms with van der Waals surface area (Å²) in [6.07, 6.45) is 0.0221. The number of ether oxygens (including phenoxy) is 1. The topological polar surface area (TPSA) is 59.0 Å². The first-order valence-corrected chi connectivity index (χ1v) is 7.92. The van der Waals surface area contributed by atoms with E-state index in [1.165, 1.54) is 4.90 Å². The quantitative estimate of drug-likeness (QED) is 0.799. The molecule has 2 aromatic rings. The Kier molecular flexibility index (Phi) is 3.23. The first kappa shape index (κ1) is 14.6. The molecule has 5 heteroatoms. The molecule has 1 fully saturated rings. The van der Waals surface area contributed by atoms with Crippen LogP contribution in [0.15, 0.2) is 59.6 Å². The molecule has 2 aliphatic heterocycles. The lowest BCUT2D eigenvalue weighted by atomic mass is 9.88. The first-order valence-electron chi connectivity index (χ1n) is 7.92. The second-order valence-electron chi connectivity index (χ2n) is 5.80. The smallest absolute Gasteiger partial charge is 0.266 e. The van der Waals surface area contributed by atoms with E-state index in [-0.39, 0.29) is 18.2 Å². The van der Waals surface area contributed by atoms with Crippen LogP contribution in [0.1, 0.15) is 24.5 Å². The van der Waals surface area contributed by atoms with Gasteiger partial charge in [-0.3, -0.25) is 9.59 Å². The maximum Gasteiger partial charge on any atom is 0.266 e. The van der Waals surface area contributed by atoms with Crippen molar-refractivity contribution in [2.75, 3.05) is 11.5 Å². The minimum atomic E-state index is -1.20. The van der Waals surface area contributed by atoms with Crippen LogP contribution in [0.25, 0.3) is 0 Å². The molecule has 0 N–H and O–H groups in total. The molecule has 0 radical (unpaired) electrons. The van der Waals surface area contributed by atoms with E-state index in [0.29, 0.717) is 18.2 Å². The normalized spacial score (nSPS) is 22.0. The predicted molar refractivity (Wildman–Crippen MR) is 89.8 cm³/mol. The van der Waals surface area contributed by atoms with Crippen molar-refractivity contribution in [1.82, 2.24) is 0 Å². The molecule has 2 heterocycles. The summed E-state index contributed by atoms with van der Waals surface area (Å²) in [5, 5.41) is 0. The van der Waals surface area contributed by atoms with Gasteiger partial charge in [-0.15, -0.1) is 0 Å². The van der Waals surface area contributed by atoms with Gasteiger partial charge in [-0.1, -0.05) is 36.4 Å². The van der Waals surface area contributed by atoms with Crippen LogP contribution in [0.2, 0.25) is 0 Å². The SMILES string of the molecule is CCOC1=NC2(CC(=O)N(c3ccccc3)C2=O)c2ccccc21. The zero-order valence-electron chi connectivity index (χ0n) is 13.2. The van der Waals surface area contributed by atoms with Crippen LogP contribution in [0, 0.1) is 0 Å². The Morgan fingerprint density at radius 2 is 1.79 bits per heavy atom. The molecule has 24 heavy (non-hydrogen) atoms. The third-order valence-corrected chi connectivity index (χ3v) is 4.40. The van der Waals surface area contributed by atoms with Crippen LogP contribution < -0.4 is 4.90 Å². The molecular formula is C19H16N2O3. The van der Waals surface area contributed by atoms with E-state index in [2.05, 4.69) is 4.99 Å². The predicted octanol–water partition coefficient (Wildman–Crippen LogP) is 2.64. The van der Waals surface area contributed by atoms with Gasteiger partial charge in [0.15, 0.2) is 5.54 Å². The highest BCUT2D eigenvalue weighted by atomic mass is 16.5. The molecule has 0 aliphatic carbocycles. The van der Waals surface area contributed by atoms with Gasteiger partial charge in [-0.2, -0.15) is 0 Å². The molecule has 0 aromatic heterocycles. The summed E-state index contributed by atoms with van der Waals surface area (Å²) < 4.78 is 5.61. The molecule has 1 spiro atoms. The van der Waals surface area contributed by atoms with E-state index >= 15 is 0 Å². The second kappa shape index (κ2) is 5.30. The first-order chi connectivity index (χ1) is 11.7. The lowest BCUT2D eigenvalue weighted by Crippen LogP contribution is -2.36. The van der Waals surface area contributed by atoms with Gasteiger partial charge in [-0.05, 0) is 25.1 Å². The third kappa shape index (κ3) is 1.91. The Bertz CT molecular complexity index is 860. The lowest BCUT2D eigenvalue weighted by Gasteiger charge is -2.20. The Morgan fingerprint density at radius 3 is 2.54 bits per heavy atom. The molecule has 0 saturated carbocycles. The molecule has 2 amide bonds. The van der Waals surface area contributed by atoms with Gasteiger partial charge in [0.1, 0.15) is 0 Å². The lowest BCUT2D eigenvalue weighted by molar-refractivity contribution is -0.122. The average molecular weight is 320 g/mol. The molecule has 2 aromatic carbocycles. The van der Waals surface area contributed by atoms with Crippen molar-refractivity contribution >= 4 is 23.4 Å². The van der Waals surface area contributed by atoms with Crippen molar-refractivity contribution in [3.63, 3.8) is 0 Å². The standard InChI is InChI=1S/C19H16N2O3/c1-2-24-17-14-10-6-7-11-15(14)19(20-17)12-16(22)21(18(19)23)13-8-4-3-5-9-13/h3-11H,2,12H2,1H3. The van der Waals surface area contributed by atoms with E-state index in [4.69, 9.17) is 4.74 Å². The number of imide groups is 1. The maximum absolute atomic E-state index is 13.2. The fourth-order valence-electron chi connectivity index (χ4n) is 3.38. The van der Waals surface area contributed by atoms with Crippen molar-refractivity contribution in [1.29, 1.82) is 0 Å². The fraction of sp³-hybridized carbons (Fsp3) is 0.211. The summed E-state index contributed by atoms with van der Waals surface area (Å²) in [6.45, 7) is 2.32. The Labute approximate surface area is 139 Å². The maximum atomic E-state index is 13.2. The van der Waals surface area contributed by atoms with Crippen molar-refractivity contribution in [2.45, 2.75) is 18.9 Å². The minimum Gasteiger partial charge on any atom is -0.478 e. The van der Waals surface area contributed by atoms with Gasteiger partial charge in [0.05, 0.1) is 18.7 Å². The van der Waals surface area contributed by atoms with Crippen LogP contribution in [-0.2, 0) is 19.9 Å². The summed E-state index contributed by atoms with van der Waals surface area (Å²) in [6, 6.07) is 16.4. The van der Waals surface area contributed by atoms with E-state index < -0.39 is 5.54 Å². The van der Waals surface area contributed by atoms with Crippen LogP contribution in [-0.4, -0.2) is 24.3 Å². The Balaban J connectivity index is 1.85. The van der Waals surface area contributed by atoms with Crippen LogP contribution in [0.5, 0.6) is 0 Å².